The minimum Gasteiger partial charge on any atom is -0.295 e. The van der Waals surface area contributed by atoms with Crippen LogP contribution in [0.4, 0.5) is 13.2 Å². The molecule has 1 aliphatic heterocycles. The van der Waals surface area contributed by atoms with E-state index in [1.165, 1.54) is 32.1 Å². The highest BCUT2D eigenvalue weighted by atomic mass is 19.3. The molecule has 0 amide bonds. The van der Waals surface area contributed by atoms with E-state index < -0.39 is 11.7 Å². The number of nitrogens with zero attached hydrogens (tertiary/aromatic N) is 1. The zero-order chi connectivity index (χ0) is 16.5. The number of carbonyl (C=O) groups is 1. The first-order valence-corrected chi connectivity index (χ1v) is 6.92. The Kier molecular flexibility index (Phi) is 4.35. The molecule has 0 saturated heterocycles. The van der Waals surface area contributed by atoms with Crippen molar-refractivity contribution in [1.29, 1.82) is 0 Å². The van der Waals surface area contributed by atoms with Crippen molar-refractivity contribution in [1.82, 2.24) is 0 Å². The van der Waals surface area contributed by atoms with Crippen LogP contribution in [0.3, 0.4) is 0 Å². The summed E-state index contributed by atoms with van der Waals surface area (Å²) in [6, 6.07) is 3.92. The van der Waals surface area contributed by atoms with Crippen molar-refractivity contribution < 1.29 is 19.4 Å². The van der Waals surface area contributed by atoms with Crippen LogP contribution in [0.15, 0.2) is 47.1 Å². The molecule has 0 N–H and O–H groups in total. The number of benzene rings is 1. The van der Waals surface area contributed by atoms with Crippen LogP contribution in [-0.4, -0.2) is 17.4 Å². The van der Waals surface area contributed by atoms with Crippen molar-refractivity contribution in [2.75, 3.05) is 0 Å². The number of halogens is 3. The minimum absolute atomic E-state index is 0. The predicted molar refractivity (Wildman–Crippen MR) is 82.1 cm³/mol. The Morgan fingerprint density at radius 1 is 1.45 bits per heavy atom. The molecule has 0 bridgehead atoms. The zero-order valence-electron chi connectivity index (χ0n) is 12.4. The Morgan fingerprint density at radius 2 is 2.14 bits per heavy atom. The van der Waals surface area contributed by atoms with Gasteiger partial charge in [-0.1, -0.05) is 25.6 Å². The Hall–Kier alpha value is -2.17. The van der Waals surface area contributed by atoms with Gasteiger partial charge in [0.1, 0.15) is 11.5 Å². The first-order chi connectivity index (χ1) is 10.3. The molecule has 1 aliphatic rings. The van der Waals surface area contributed by atoms with Gasteiger partial charge in [0, 0.05) is 19.0 Å². The molecule has 0 fully saturated rings. The third-order valence-electron chi connectivity index (χ3n) is 3.56. The molecule has 118 valence electrons. The summed E-state index contributed by atoms with van der Waals surface area (Å²) >= 11 is 0. The van der Waals surface area contributed by atoms with Crippen molar-refractivity contribution in [3.05, 3.63) is 59.1 Å². The van der Waals surface area contributed by atoms with Gasteiger partial charge in [0.15, 0.2) is 5.78 Å². The molecule has 0 unspecified atom stereocenters. The lowest BCUT2D eigenvalue weighted by atomic mass is 9.95. The molecule has 1 aromatic rings. The molecular weight excluding hydrogens is 291 g/mol. The number of hydrogen-bond donors (Lipinski definition) is 0. The molecule has 1 aromatic carbocycles. The quantitative estimate of drug-likeness (QED) is 0.723. The number of aliphatic imine (C=N–C) groups is 1. The summed E-state index contributed by atoms with van der Waals surface area (Å²) in [6.07, 6.45) is 1.13. The van der Waals surface area contributed by atoms with Gasteiger partial charge < -0.3 is 0 Å². The van der Waals surface area contributed by atoms with Crippen molar-refractivity contribution in [3.63, 3.8) is 0 Å². The van der Waals surface area contributed by atoms with Gasteiger partial charge in [-0.2, -0.15) is 8.78 Å². The average molecular weight is 309 g/mol. The molecule has 1 heterocycles. The third-order valence-corrected chi connectivity index (χ3v) is 3.56. The zero-order valence-corrected chi connectivity index (χ0v) is 12.4. The predicted octanol–water partition coefficient (Wildman–Crippen LogP) is 4.95. The van der Waals surface area contributed by atoms with Gasteiger partial charge in [-0.25, -0.2) is 9.38 Å². The minimum atomic E-state index is -3.05. The van der Waals surface area contributed by atoms with E-state index in [4.69, 9.17) is 0 Å². The average Bonchev–Trinajstić information content (AvgIpc) is 2.47. The van der Waals surface area contributed by atoms with E-state index in [-0.39, 0.29) is 42.6 Å². The molecule has 0 radical (unpaired) electrons. The summed E-state index contributed by atoms with van der Waals surface area (Å²) in [6.45, 7) is 6.45. The van der Waals surface area contributed by atoms with Crippen LogP contribution in [0, 0.1) is 5.82 Å². The summed E-state index contributed by atoms with van der Waals surface area (Å²) in [7, 11) is 0. The summed E-state index contributed by atoms with van der Waals surface area (Å²) < 4.78 is 41.8. The van der Waals surface area contributed by atoms with E-state index in [0.717, 1.165) is 6.07 Å². The summed E-state index contributed by atoms with van der Waals surface area (Å²) in [5, 5.41) is 0. The number of hydrogen-bond acceptors (Lipinski definition) is 2. The highest BCUT2D eigenvalue weighted by Crippen LogP contribution is 2.33. The maximum atomic E-state index is 14.2. The highest BCUT2D eigenvalue weighted by Gasteiger charge is 2.34. The van der Waals surface area contributed by atoms with Crippen LogP contribution < -0.4 is 0 Å². The summed E-state index contributed by atoms with van der Waals surface area (Å²) in [4.78, 5) is 15.2. The molecular formula is C17H18F3NO. The van der Waals surface area contributed by atoms with Crippen LogP contribution in [0.25, 0.3) is 0 Å². The van der Waals surface area contributed by atoms with Crippen molar-refractivity contribution >= 4 is 11.5 Å². The van der Waals surface area contributed by atoms with E-state index in [1.807, 2.05) is 0 Å². The van der Waals surface area contributed by atoms with Gasteiger partial charge in [-0.15, -0.1) is 0 Å². The molecule has 5 heteroatoms. The van der Waals surface area contributed by atoms with Gasteiger partial charge in [0.25, 0.3) is 5.92 Å². The fourth-order valence-electron chi connectivity index (χ4n) is 2.15. The maximum Gasteiger partial charge on any atom is 0.289 e. The Morgan fingerprint density at radius 3 is 2.68 bits per heavy atom. The van der Waals surface area contributed by atoms with E-state index in [9.17, 15) is 18.0 Å². The molecule has 2 nitrogen and oxygen atoms in total. The van der Waals surface area contributed by atoms with E-state index in [0.29, 0.717) is 5.57 Å². The normalized spacial score (nSPS) is 15.4. The lowest BCUT2D eigenvalue weighted by Crippen LogP contribution is -2.21. The smallest absolute Gasteiger partial charge is 0.289 e. The number of Topliss-reactive ketones (excluding diaryl/α,β-unsaturated/α-hetero) is 1. The largest absolute Gasteiger partial charge is 0.295 e. The van der Waals surface area contributed by atoms with E-state index >= 15 is 0 Å². The number of carbonyl (C=O) groups excluding carboxylic acids is 1. The standard InChI is InChI=1S/C17H16F3NO.H2/c1-4-17(19,20)15-8-5-10(2)16(21-15)13-7-6-12(11(3)22)9-14(13)18;/h6-9H,2,4-5H2,1,3H3;1H. The number of allylic oxidation sites excluding steroid dienone is 3. The third kappa shape index (κ3) is 3.03. The Bertz CT molecular complexity index is 708. The molecule has 0 spiro atoms. The van der Waals surface area contributed by atoms with Crippen molar-refractivity contribution in [2.24, 2.45) is 4.99 Å². The molecule has 0 aromatic heterocycles. The first-order valence-electron chi connectivity index (χ1n) is 6.92. The van der Waals surface area contributed by atoms with E-state index in [1.54, 1.807) is 0 Å². The SMILES string of the molecule is C=C1CC=C(C(F)(F)CC)N=C1c1ccc(C(C)=O)cc1F.[HH]. The number of alkyl halides is 2. The highest BCUT2D eigenvalue weighted by molar-refractivity contribution is 6.14. The fourth-order valence-corrected chi connectivity index (χ4v) is 2.15. The summed E-state index contributed by atoms with van der Waals surface area (Å²) in [5.74, 6) is -4.00. The first kappa shape index (κ1) is 16.2. The molecule has 0 atom stereocenters. The van der Waals surface area contributed by atoms with Gasteiger partial charge in [-0.05, 0) is 31.1 Å². The fraction of sp³-hybridized carbons (Fsp3) is 0.294. The molecule has 0 aliphatic carbocycles. The van der Waals surface area contributed by atoms with Crippen molar-refractivity contribution in [3.8, 4) is 0 Å². The van der Waals surface area contributed by atoms with Crippen LogP contribution in [0.5, 0.6) is 0 Å². The van der Waals surface area contributed by atoms with Crippen LogP contribution in [0.2, 0.25) is 0 Å². The lowest BCUT2D eigenvalue weighted by Gasteiger charge is -2.21. The summed E-state index contributed by atoms with van der Waals surface area (Å²) in [5.41, 5.74) is 0.501. The Labute approximate surface area is 128 Å². The number of rotatable bonds is 4. The second-order valence-electron chi connectivity index (χ2n) is 5.17. The van der Waals surface area contributed by atoms with Gasteiger partial charge in [-0.3, -0.25) is 4.79 Å². The number of ketones is 1. The topological polar surface area (TPSA) is 29.4 Å². The van der Waals surface area contributed by atoms with Gasteiger partial charge in [0.2, 0.25) is 0 Å². The monoisotopic (exact) mass is 309 g/mol. The van der Waals surface area contributed by atoms with Gasteiger partial charge in [0.05, 0.1) is 5.71 Å². The van der Waals surface area contributed by atoms with Crippen LogP contribution >= 0.6 is 0 Å². The van der Waals surface area contributed by atoms with Crippen molar-refractivity contribution in [2.45, 2.75) is 32.6 Å². The van der Waals surface area contributed by atoms with Gasteiger partial charge >= 0.3 is 0 Å². The molecule has 2 rings (SSSR count). The molecule has 0 saturated carbocycles. The second kappa shape index (κ2) is 5.91. The second-order valence-corrected chi connectivity index (χ2v) is 5.17. The maximum absolute atomic E-state index is 14.2. The van der Waals surface area contributed by atoms with Crippen LogP contribution in [0.1, 0.15) is 44.0 Å². The van der Waals surface area contributed by atoms with E-state index in [2.05, 4.69) is 11.6 Å². The van der Waals surface area contributed by atoms with Crippen LogP contribution in [-0.2, 0) is 0 Å². The lowest BCUT2D eigenvalue weighted by molar-refractivity contribution is 0.0359. The Balaban J connectivity index is 0.00000264. The molecule has 22 heavy (non-hydrogen) atoms.